The van der Waals surface area contributed by atoms with E-state index >= 15 is 0 Å². The molecular weight excluding hydrogens is 292 g/mol. The number of para-hydroxylation sites is 1. The quantitative estimate of drug-likeness (QED) is 0.735. The highest BCUT2D eigenvalue weighted by Crippen LogP contribution is 2.27. The normalized spacial score (nSPS) is 10.2. The van der Waals surface area contributed by atoms with E-state index in [1.54, 1.807) is 14.2 Å². The Morgan fingerprint density at radius 2 is 1.74 bits per heavy atom. The number of anilines is 1. The van der Waals surface area contributed by atoms with Gasteiger partial charge in [0.05, 0.1) is 20.8 Å². The Morgan fingerprint density at radius 3 is 2.43 bits per heavy atom. The van der Waals surface area contributed by atoms with Gasteiger partial charge in [-0.15, -0.1) is 0 Å². The molecule has 0 fully saturated rings. The Labute approximate surface area is 136 Å². The van der Waals surface area contributed by atoms with E-state index in [4.69, 9.17) is 9.47 Å². The van der Waals surface area contributed by atoms with Crippen molar-refractivity contribution in [2.75, 3.05) is 32.6 Å². The number of carbonyl (C=O) groups is 1. The lowest BCUT2D eigenvalue weighted by Gasteiger charge is -2.10. The van der Waals surface area contributed by atoms with Crippen LogP contribution in [0.3, 0.4) is 0 Å². The molecule has 0 aromatic heterocycles. The minimum atomic E-state index is -0.0523. The molecule has 0 aliphatic carbocycles. The second-order valence-electron chi connectivity index (χ2n) is 5.03. The maximum atomic E-state index is 11.8. The number of ether oxygens (including phenoxy) is 2. The molecule has 2 aromatic carbocycles. The van der Waals surface area contributed by atoms with Crippen LogP contribution in [0.15, 0.2) is 48.5 Å². The highest BCUT2D eigenvalue weighted by Gasteiger charge is 2.05. The summed E-state index contributed by atoms with van der Waals surface area (Å²) in [7, 11) is 3.23. The van der Waals surface area contributed by atoms with Gasteiger partial charge in [0.15, 0.2) is 11.5 Å². The van der Waals surface area contributed by atoms with Gasteiger partial charge in [0.1, 0.15) is 0 Å². The molecule has 122 valence electrons. The zero-order chi connectivity index (χ0) is 16.5. The second kappa shape index (κ2) is 8.80. The summed E-state index contributed by atoms with van der Waals surface area (Å²) >= 11 is 0. The van der Waals surface area contributed by atoms with E-state index in [-0.39, 0.29) is 12.5 Å². The highest BCUT2D eigenvalue weighted by atomic mass is 16.5. The molecule has 2 N–H and O–H groups in total. The van der Waals surface area contributed by atoms with Crippen LogP contribution >= 0.6 is 0 Å². The molecule has 0 aliphatic rings. The summed E-state index contributed by atoms with van der Waals surface area (Å²) in [4.78, 5) is 11.8. The van der Waals surface area contributed by atoms with Gasteiger partial charge in [-0.25, -0.2) is 0 Å². The minimum absolute atomic E-state index is 0.0523. The van der Waals surface area contributed by atoms with Crippen molar-refractivity contribution in [2.24, 2.45) is 0 Å². The van der Waals surface area contributed by atoms with Crippen LogP contribution in [-0.4, -0.2) is 33.2 Å². The number of hydrogen-bond donors (Lipinski definition) is 2. The smallest absolute Gasteiger partial charge is 0.238 e. The largest absolute Gasteiger partial charge is 0.493 e. The van der Waals surface area contributed by atoms with Crippen LogP contribution in [0.1, 0.15) is 5.56 Å². The van der Waals surface area contributed by atoms with Gasteiger partial charge in [0.2, 0.25) is 5.91 Å². The molecule has 5 heteroatoms. The molecule has 0 heterocycles. The van der Waals surface area contributed by atoms with Crippen LogP contribution in [-0.2, 0) is 11.2 Å². The van der Waals surface area contributed by atoms with E-state index in [1.807, 2.05) is 48.5 Å². The van der Waals surface area contributed by atoms with Crippen molar-refractivity contribution >= 4 is 11.6 Å². The monoisotopic (exact) mass is 314 g/mol. The summed E-state index contributed by atoms with van der Waals surface area (Å²) in [6.07, 6.45) is 0.805. The average molecular weight is 314 g/mol. The summed E-state index contributed by atoms with van der Waals surface area (Å²) in [5.41, 5.74) is 1.93. The summed E-state index contributed by atoms with van der Waals surface area (Å²) in [6.45, 7) is 0.986. The van der Waals surface area contributed by atoms with Gasteiger partial charge in [-0.05, 0) is 42.8 Å². The van der Waals surface area contributed by atoms with Crippen LogP contribution in [0.2, 0.25) is 0 Å². The standard InChI is InChI=1S/C18H22N2O3/c1-22-16-9-8-14(12-17(16)23-2)10-11-19-13-18(21)20-15-6-4-3-5-7-15/h3-9,12,19H,10-11,13H2,1-2H3,(H,20,21). The minimum Gasteiger partial charge on any atom is -0.493 e. The molecule has 0 atom stereocenters. The van der Waals surface area contributed by atoms with Crippen LogP contribution in [0, 0.1) is 0 Å². The average Bonchev–Trinajstić information content (AvgIpc) is 2.59. The fourth-order valence-electron chi connectivity index (χ4n) is 2.20. The predicted molar refractivity (Wildman–Crippen MR) is 91.2 cm³/mol. The van der Waals surface area contributed by atoms with Gasteiger partial charge in [-0.2, -0.15) is 0 Å². The Kier molecular flexibility index (Phi) is 6.44. The van der Waals surface area contributed by atoms with Gasteiger partial charge in [0.25, 0.3) is 0 Å². The molecule has 0 unspecified atom stereocenters. The number of hydrogen-bond acceptors (Lipinski definition) is 4. The number of methoxy groups -OCH3 is 2. The van der Waals surface area contributed by atoms with E-state index < -0.39 is 0 Å². The highest BCUT2D eigenvalue weighted by molar-refractivity contribution is 5.92. The molecule has 2 aromatic rings. The second-order valence-corrected chi connectivity index (χ2v) is 5.03. The van der Waals surface area contributed by atoms with Crippen LogP contribution in [0.25, 0.3) is 0 Å². The van der Waals surface area contributed by atoms with Crippen LogP contribution < -0.4 is 20.1 Å². The number of nitrogens with one attached hydrogen (secondary N) is 2. The fourth-order valence-corrected chi connectivity index (χ4v) is 2.20. The van der Waals surface area contributed by atoms with Crippen LogP contribution in [0.4, 0.5) is 5.69 Å². The number of benzene rings is 2. The molecule has 23 heavy (non-hydrogen) atoms. The lowest BCUT2D eigenvalue weighted by Crippen LogP contribution is -2.29. The number of carbonyl (C=O) groups excluding carboxylic acids is 1. The predicted octanol–water partition coefficient (Wildman–Crippen LogP) is 2.47. The number of rotatable bonds is 8. The zero-order valence-electron chi connectivity index (χ0n) is 13.5. The van der Waals surface area contributed by atoms with E-state index in [9.17, 15) is 4.79 Å². The maximum Gasteiger partial charge on any atom is 0.238 e. The Morgan fingerprint density at radius 1 is 1.00 bits per heavy atom. The van der Waals surface area contributed by atoms with E-state index in [0.29, 0.717) is 18.0 Å². The van der Waals surface area contributed by atoms with E-state index in [0.717, 1.165) is 17.7 Å². The lowest BCUT2D eigenvalue weighted by molar-refractivity contribution is -0.115. The van der Waals surface area contributed by atoms with Gasteiger partial charge in [0, 0.05) is 5.69 Å². The summed E-state index contributed by atoms with van der Waals surface area (Å²) < 4.78 is 10.5. The molecule has 0 bridgehead atoms. The van der Waals surface area contributed by atoms with Crippen molar-refractivity contribution in [1.29, 1.82) is 0 Å². The molecule has 1 amide bonds. The van der Waals surface area contributed by atoms with Gasteiger partial charge >= 0.3 is 0 Å². The topological polar surface area (TPSA) is 59.6 Å². The molecular formula is C18H22N2O3. The lowest BCUT2D eigenvalue weighted by atomic mass is 10.1. The van der Waals surface area contributed by atoms with Crippen LogP contribution in [0.5, 0.6) is 11.5 Å². The Bertz CT molecular complexity index is 629. The third-order valence-electron chi connectivity index (χ3n) is 3.38. The number of amides is 1. The molecule has 0 spiro atoms. The Hall–Kier alpha value is -2.53. The van der Waals surface area contributed by atoms with Crippen molar-refractivity contribution in [3.05, 3.63) is 54.1 Å². The summed E-state index contributed by atoms with van der Waals surface area (Å²) in [6, 6.07) is 15.2. The molecule has 0 aliphatic heterocycles. The molecule has 0 radical (unpaired) electrons. The SMILES string of the molecule is COc1ccc(CCNCC(=O)Nc2ccccc2)cc1OC. The van der Waals surface area contributed by atoms with E-state index in [1.165, 1.54) is 0 Å². The van der Waals surface area contributed by atoms with Gasteiger partial charge in [-0.1, -0.05) is 24.3 Å². The molecule has 0 saturated heterocycles. The summed E-state index contributed by atoms with van der Waals surface area (Å²) in [5, 5.41) is 5.97. The molecule has 2 rings (SSSR count). The van der Waals surface area contributed by atoms with Gasteiger partial charge < -0.3 is 20.1 Å². The first-order valence-corrected chi connectivity index (χ1v) is 7.49. The Balaban J connectivity index is 1.74. The van der Waals surface area contributed by atoms with Crippen molar-refractivity contribution in [3.8, 4) is 11.5 Å². The molecule has 5 nitrogen and oxygen atoms in total. The maximum absolute atomic E-state index is 11.8. The first-order valence-electron chi connectivity index (χ1n) is 7.49. The molecule has 0 saturated carbocycles. The van der Waals surface area contributed by atoms with Crippen molar-refractivity contribution < 1.29 is 14.3 Å². The van der Waals surface area contributed by atoms with E-state index in [2.05, 4.69) is 10.6 Å². The zero-order valence-corrected chi connectivity index (χ0v) is 13.5. The third kappa shape index (κ3) is 5.30. The van der Waals surface area contributed by atoms with Crippen molar-refractivity contribution in [3.63, 3.8) is 0 Å². The first-order chi connectivity index (χ1) is 11.2. The fraction of sp³-hybridized carbons (Fsp3) is 0.278. The first kappa shape index (κ1) is 16.8. The third-order valence-corrected chi connectivity index (χ3v) is 3.38. The van der Waals surface area contributed by atoms with Crippen molar-refractivity contribution in [1.82, 2.24) is 5.32 Å². The summed E-state index contributed by atoms with van der Waals surface area (Å²) in [5.74, 6) is 1.38. The van der Waals surface area contributed by atoms with Crippen molar-refractivity contribution in [2.45, 2.75) is 6.42 Å². The van der Waals surface area contributed by atoms with Gasteiger partial charge in [-0.3, -0.25) is 4.79 Å².